The van der Waals surface area contributed by atoms with Crippen molar-refractivity contribution >= 4 is 32.5 Å². The Balaban J connectivity index is 2.61. The van der Waals surface area contributed by atoms with E-state index in [-0.39, 0.29) is 11.0 Å². The SMILES string of the molecule is N#Cc1csc2c([nH]c3ccccc32)c1=O. The number of hydrogen-bond donors (Lipinski definition) is 1. The molecule has 0 fully saturated rings. The maximum atomic E-state index is 11.9. The van der Waals surface area contributed by atoms with Crippen LogP contribution in [0.2, 0.25) is 0 Å². The van der Waals surface area contributed by atoms with Crippen molar-refractivity contribution in [2.75, 3.05) is 0 Å². The molecule has 76 valence electrons. The molecule has 1 aromatic carbocycles. The van der Waals surface area contributed by atoms with Crippen LogP contribution in [0, 0.1) is 11.3 Å². The van der Waals surface area contributed by atoms with Crippen molar-refractivity contribution in [2.24, 2.45) is 0 Å². The first-order valence-corrected chi connectivity index (χ1v) is 5.61. The molecular weight excluding hydrogens is 220 g/mol. The Bertz CT molecular complexity index is 792. The van der Waals surface area contributed by atoms with Crippen LogP contribution in [0.1, 0.15) is 5.56 Å². The second kappa shape index (κ2) is 3.19. The smallest absolute Gasteiger partial charge is 0.221 e. The number of H-pyrrole nitrogens is 1. The summed E-state index contributed by atoms with van der Waals surface area (Å²) in [5.41, 5.74) is 1.45. The highest BCUT2D eigenvalue weighted by Crippen LogP contribution is 2.26. The fourth-order valence-corrected chi connectivity index (χ4v) is 2.74. The second-order valence-electron chi connectivity index (χ2n) is 3.47. The van der Waals surface area contributed by atoms with E-state index in [1.165, 1.54) is 11.3 Å². The van der Waals surface area contributed by atoms with Crippen molar-refractivity contribution in [2.45, 2.75) is 0 Å². The van der Waals surface area contributed by atoms with Crippen LogP contribution in [0.5, 0.6) is 0 Å². The number of hydrogen-bond acceptors (Lipinski definition) is 3. The summed E-state index contributed by atoms with van der Waals surface area (Å²) in [5.74, 6) is 0. The minimum Gasteiger partial charge on any atom is -0.351 e. The van der Waals surface area contributed by atoms with Crippen LogP contribution in [0.15, 0.2) is 34.4 Å². The third-order valence-corrected chi connectivity index (χ3v) is 3.56. The fraction of sp³-hybridized carbons (Fsp3) is 0. The van der Waals surface area contributed by atoms with Crippen molar-refractivity contribution in [1.82, 2.24) is 4.98 Å². The summed E-state index contributed by atoms with van der Waals surface area (Å²) in [6.45, 7) is 0. The highest BCUT2D eigenvalue weighted by atomic mass is 32.1. The average Bonchev–Trinajstić information content (AvgIpc) is 2.69. The summed E-state index contributed by atoms with van der Waals surface area (Å²) in [4.78, 5) is 14.9. The second-order valence-corrected chi connectivity index (χ2v) is 4.34. The first-order valence-electron chi connectivity index (χ1n) is 4.73. The van der Waals surface area contributed by atoms with Crippen LogP contribution >= 0.6 is 11.3 Å². The lowest BCUT2D eigenvalue weighted by molar-refractivity contribution is 1.46. The van der Waals surface area contributed by atoms with Gasteiger partial charge in [0.25, 0.3) is 0 Å². The van der Waals surface area contributed by atoms with Gasteiger partial charge in [0.15, 0.2) is 0 Å². The normalized spacial score (nSPS) is 10.7. The molecule has 3 aromatic rings. The number of nitrogens with zero attached hydrogens (tertiary/aromatic N) is 1. The molecule has 0 spiro atoms. The molecule has 0 atom stereocenters. The Hall–Kier alpha value is -2.12. The minimum absolute atomic E-state index is 0.198. The first kappa shape index (κ1) is 9.13. The van der Waals surface area contributed by atoms with Gasteiger partial charge in [0.05, 0.1) is 4.70 Å². The Morgan fingerprint density at radius 1 is 1.31 bits per heavy atom. The molecule has 0 amide bonds. The zero-order valence-corrected chi connectivity index (χ0v) is 8.97. The van der Waals surface area contributed by atoms with Crippen molar-refractivity contribution < 1.29 is 0 Å². The molecule has 3 nitrogen and oxygen atoms in total. The van der Waals surface area contributed by atoms with Gasteiger partial charge in [-0.1, -0.05) is 18.2 Å². The highest BCUT2D eigenvalue weighted by molar-refractivity contribution is 7.17. The van der Waals surface area contributed by atoms with Crippen LogP contribution in [0.3, 0.4) is 0 Å². The van der Waals surface area contributed by atoms with E-state index in [0.29, 0.717) is 5.52 Å². The number of nitriles is 1. The lowest BCUT2D eigenvalue weighted by Crippen LogP contribution is -2.03. The van der Waals surface area contributed by atoms with Gasteiger partial charge in [-0.2, -0.15) is 5.26 Å². The molecule has 4 heteroatoms. The van der Waals surface area contributed by atoms with E-state index in [4.69, 9.17) is 5.26 Å². The van der Waals surface area contributed by atoms with E-state index in [2.05, 4.69) is 4.98 Å². The Morgan fingerprint density at radius 3 is 2.94 bits per heavy atom. The topological polar surface area (TPSA) is 56.6 Å². The molecule has 0 saturated heterocycles. The number of rotatable bonds is 0. The number of aromatic nitrogens is 1. The zero-order chi connectivity index (χ0) is 11.1. The van der Waals surface area contributed by atoms with Gasteiger partial charge in [0.1, 0.15) is 17.1 Å². The number of para-hydroxylation sites is 1. The molecule has 0 saturated carbocycles. The number of aromatic amines is 1. The molecule has 3 rings (SSSR count). The fourth-order valence-electron chi connectivity index (χ4n) is 1.78. The molecule has 2 heterocycles. The van der Waals surface area contributed by atoms with Gasteiger partial charge in [-0.05, 0) is 6.07 Å². The molecule has 16 heavy (non-hydrogen) atoms. The van der Waals surface area contributed by atoms with Gasteiger partial charge in [0, 0.05) is 16.3 Å². The highest BCUT2D eigenvalue weighted by Gasteiger charge is 2.09. The molecule has 0 unspecified atom stereocenters. The summed E-state index contributed by atoms with van der Waals surface area (Å²) >= 11 is 1.42. The van der Waals surface area contributed by atoms with Gasteiger partial charge in [-0.15, -0.1) is 11.3 Å². The van der Waals surface area contributed by atoms with Gasteiger partial charge < -0.3 is 4.98 Å². The third kappa shape index (κ3) is 1.09. The first-order chi connectivity index (χ1) is 7.81. The predicted octanol–water partition coefficient (Wildman–Crippen LogP) is 2.61. The Morgan fingerprint density at radius 2 is 2.12 bits per heavy atom. The van der Waals surface area contributed by atoms with Crippen LogP contribution in [-0.2, 0) is 0 Å². The maximum Gasteiger partial charge on any atom is 0.221 e. The zero-order valence-electron chi connectivity index (χ0n) is 8.15. The quantitative estimate of drug-likeness (QED) is 0.640. The van der Waals surface area contributed by atoms with Gasteiger partial charge >= 0.3 is 0 Å². The molecule has 0 aliphatic heterocycles. The molecule has 0 aliphatic carbocycles. The minimum atomic E-state index is -0.215. The van der Waals surface area contributed by atoms with Crippen molar-refractivity contribution in [3.8, 4) is 6.07 Å². The van der Waals surface area contributed by atoms with Crippen molar-refractivity contribution in [3.63, 3.8) is 0 Å². The molecule has 1 N–H and O–H groups in total. The number of fused-ring (bicyclic) bond motifs is 3. The van der Waals surface area contributed by atoms with Crippen LogP contribution in [0.4, 0.5) is 0 Å². The molecule has 0 radical (unpaired) electrons. The Labute approximate surface area is 94.6 Å². The van der Waals surface area contributed by atoms with E-state index >= 15 is 0 Å². The van der Waals surface area contributed by atoms with Crippen molar-refractivity contribution in [1.29, 1.82) is 5.26 Å². The maximum absolute atomic E-state index is 11.9. The van der Waals surface area contributed by atoms with Gasteiger partial charge in [0.2, 0.25) is 5.43 Å². The number of benzene rings is 1. The van der Waals surface area contributed by atoms with E-state index in [0.717, 1.165) is 15.6 Å². The molecular formula is C12H6N2OS. The third-order valence-electron chi connectivity index (χ3n) is 2.55. The van der Waals surface area contributed by atoms with E-state index in [1.807, 2.05) is 30.3 Å². The van der Waals surface area contributed by atoms with Crippen LogP contribution in [-0.4, -0.2) is 4.98 Å². The van der Waals surface area contributed by atoms with E-state index in [9.17, 15) is 4.79 Å². The van der Waals surface area contributed by atoms with Gasteiger partial charge in [-0.25, -0.2) is 0 Å². The summed E-state index contributed by atoms with van der Waals surface area (Å²) in [5, 5.41) is 11.4. The molecule has 2 aromatic heterocycles. The predicted molar refractivity (Wildman–Crippen MR) is 64.7 cm³/mol. The lowest BCUT2D eigenvalue weighted by Gasteiger charge is -1.89. The lowest BCUT2D eigenvalue weighted by atomic mass is 10.2. The summed E-state index contributed by atoms with van der Waals surface area (Å²) in [7, 11) is 0. The van der Waals surface area contributed by atoms with E-state index in [1.54, 1.807) is 5.38 Å². The summed E-state index contributed by atoms with van der Waals surface area (Å²) in [6, 6.07) is 9.65. The van der Waals surface area contributed by atoms with E-state index < -0.39 is 0 Å². The Kier molecular flexibility index (Phi) is 1.82. The molecule has 0 bridgehead atoms. The van der Waals surface area contributed by atoms with Gasteiger partial charge in [-0.3, -0.25) is 4.79 Å². The number of nitrogens with one attached hydrogen (secondary N) is 1. The average molecular weight is 226 g/mol. The summed E-state index contributed by atoms with van der Waals surface area (Å²) < 4.78 is 0.916. The molecule has 0 aliphatic rings. The van der Waals surface area contributed by atoms with Crippen LogP contribution < -0.4 is 5.43 Å². The van der Waals surface area contributed by atoms with Crippen LogP contribution in [0.25, 0.3) is 21.1 Å². The van der Waals surface area contributed by atoms with Crippen molar-refractivity contribution in [3.05, 3.63) is 45.4 Å². The summed E-state index contributed by atoms with van der Waals surface area (Å²) in [6.07, 6.45) is 0. The monoisotopic (exact) mass is 226 g/mol. The largest absolute Gasteiger partial charge is 0.351 e. The standard InChI is InChI=1S/C12H6N2OS/c13-5-7-6-16-12-8-3-1-2-4-9(8)14-10(12)11(7)15/h1-4,6,14H.